The van der Waals surface area contributed by atoms with E-state index >= 15 is 0 Å². The Kier molecular flexibility index (Phi) is 9.54. The van der Waals surface area contributed by atoms with E-state index in [0.717, 1.165) is 11.1 Å². The third-order valence-corrected chi connectivity index (χ3v) is 5.88. The Morgan fingerprint density at radius 1 is 1.34 bits per heavy atom. The Morgan fingerprint density at radius 2 is 1.97 bits per heavy atom. The van der Waals surface area contributed by atoms with Crippen LogP contribution in [0.5, 0.6) is 0 Å². The van der Waals surface area contributed by atoms with E-state index in [2.05, 4.69) is 25.1 Å². The van der Waals surface area contributed by atoms with Crippen molar-refractivity contribution in [1.29, 1.82) is 0 Å². The van der Waals surface area contributed by atoms with Gasteiger partial charge in [0.1, 0.15) is 12.8 Å². The van der Waals surface area contributed by atoms with Crippen molar-refractivity contribution < 1.29 is 29.0 Å². The molecule has 170 valence electrons. The molecule has 0 aromatic heterocycles. The van der Waals surface area contributed by atoms with E-state index in [4.69, 9.17) is 14.3 Å². The molecule has 0 spiro atoms. The standard InChI is InChI=1S/C19H39N3O6Si/c1-14(2)11-15(22(12-23)28-19(3,4)5)16(24)17-20-21(18(25)27-17)13-26-9-10-29(6,7)8/h12,14-17,20,24H,9-11,13H2,1-8H3. The van der Waals surface area contributed by atoms with Crippen molar-refractivity contribution in [1.82, 2.24) is 15.5 Å². The molecular formula is C19H39N3O6Si. The van der Waals surface area contributed by atoms with Crippen LogP contribution in [-0.4, -0.2) is 73.1 Å². The number of amides is 2. The lowest BCUT2D eigenvalue weighted by atomic mass is 9.98. The number of hydrazine groups is 1. The Bertz CT molecular complexity index is 535. The molecule has 0 aromatic carbocycles. The zero-order valence-corrected chi connectivity index (χ0v) is 20.1. The number of rotatable bonds is 12. The minimum absolute atomic E-state index is 0.0251. The van der Waals surface area contributed by atoms with Gasteiger partial charge in [-0.15, -0.1) is 0 Å². The molecule has 10 heteroatoms. The highest BCUT2D eigenvalue weighted by atomic mass is 28.3. The molecule has 1 aliphatic heterocycles. The van der Waals surface area contributed by atoms with Crippen LogP contribution in [0.25, 0.3) is 0 Å². The zero-order chi connectivity index (χ0) is 22.4. The van der Waals surface area contributed by atoms with Gasteiger partial charge >= 0.3 is 6.09 Å². The molecule has 0 radical (unpaired) electrons. The molecular weight excluding hydrogens is 394 g/mol. The summed E-state index contributed by atoms with van der Waals surface area (Å²) in [5.41, 5.74) is 2.21. The van der Waals surface area contributed by atoms with Gasteiger partial charge in [0, 0.05) is 14.7 Å². The minimum Gasteiger partial charge on any atom is -0.425 e. The molecule has 29 heavy (non-hydrogen) atoms. The Balaban J connectivity index is 2.75. The molecule has 2 N–H and O–H groups in total. The van der Waals surface area contributed by atoms with E-state index in [1.54, 1.807) is 0 Å². The summed E-state index contributed by atoms with van der Waals surface area (Å²) in [6.45, 7) is 16.7. The van der Waals surface area contributed by atoms with Crippen LogP contribution in [-0.2, 0) is 19.1 Å². The van der Waals surface area contributed by atoms with E-state index in [1.165, 1.54) is 5.01 Å². The fourth-order valence-corrected chi connectivity index (χ4v) is 3.49. The molecule has 1 rings (SSSR count). The Morgan fingerprint density at radius 3 is 2.45 bits per heavy atom. The second-order valence-electron chi connectivity index (χ2n) is 10.1. The van der Waals surface area contributed by atoms with Gasteiger partial charge in [0.2, 0.25) is 6.41 Å². The number of nitrogens with zero attached hydrogens (tertiary/aromatic N) is 2. The quantitative estimate of drug-likeness (QED) is 0.211. The van der Waals surface area contributed by atoms with E-state index in [9.17, 15) is 14.7 Å². The van der Waals surface area contributed by atoms with Gasteiger partial charge in [-0.2, -0.15) is 5.43 Å². The number of nitrogens with one attached hydrogen (secondary N) is 1. The van der Waals surface area contributed by atoms with Crippen LogP contribution in [0, 0.1) is 5.92 Å². The fourth-order valence-electron chi connectivity index (χ4n) is 2.74. The third-order valence-electron chi connectivity index (χ3n) is 4.18. The molecule has 1 saturated heterocycles. The molecule has 0 aliphatic carbocycles. The first-order valence-corrected chi connectivity index (χ1v) is 13.9. The predicted octanol–water partition coefficient (Wildman–Crippen LogP) is 2.55. The smallest absolute Gasteiger partial charge is 0.425 e. The maximum Gasteiger partial charge on any atom is 0.428 e. The highest BCUT2D eigenvalue weighted by Gasteiger charge is 2.42. The van der Waals surface area contributed by atoms with Gasteiger partial charge < -0.3 is 14.6 Å². The Hall–Kier alpha value is -1.20. The maximum absolute atomic E-state index is 12.1. The van der Waals surface area contributed by atoms with Crippen molar-refractivity contribution in [3.63, 3.8) is 0 Å². The van der Waals surface area contributed by atoms with Gasteiger partial charge in [0.05, 0.1) is 11.6 Å². The molecule has 1 heterocycles. The highest BCUT2D eigenvalue weighted by Crippen LogP contribution is 2.23. The van der Waals surface area contributed by atoms with Gasteiger partial charge in [0.25, 0.3) is 0 Å². The zero-order valence-electron chi connectivity index (χ0n) is 19.1. The van der Waals surface area contributed by atoms with Crippen LogP contribution in [0.4, 0.5) is 4.79 Å². The van der Waals surface area contributed by atoms with Crippen molar-refractivity contribution in [2.45, 2.75) is 90.7 Å². The van der Waals surface area contributed by atoms with Crippen LogP contribution in [0.2, 0.25) is 25.7 Å². The van der Waals surface area contributed by atoms with Crippen LogP contribution in [0.3, 0.4) is 0 Å². The number of cyclic esters (lactones) is 1. The summed E-state index contributed by atoms with van der Waals surface area (Å²) in [5.74, 6) is 0.179. The lowest BCUT2D eigenvalue weighted by molar-refractivity contribution is -0.250. The SMILES string of the molecule is CC(C)CC(C(O)C1NN(COCC[Si](C)(C)C)C(=O)O1)N(C=O)OC(C)(C)C. The topological polar surface area (TPSA) is 101 Å². The van der Waals surface area contributed by atoms with Gasteiger partial charge in [0.15, 0.2) is 6.23 Å². The predicted molar refractivity (Wildman–Crippen MR) is 112 cm³/mol. The number of aliphatic hydroxyl groups is 1. The van der Waals surface area contributed by atoms with Crippen LogP contribution < -0.4 is 5.43 Å². The summed E-state index contributed by atoms with van der Waals surface area (Å²) >= 11 is 0. The van der Waals surface area contributed by atoms with Crippen molar-refractivity contribution >= 4 is 20.6 Å². The first-order valence-electron chi connectivity index (χ1n) is 10.2. The van der Waals surface area contributed by atoms with Crippen molar-refractivity contribution in [2.24, 2.45) is 5.92 Å². The lowest BCUT2D eigenvalue weighted by Crippen LogP contribution is -2.54. The molecule has 2 amide bonds. The first kappa shape index (κ1) is 25.8. The van der Waals surface area contributed by atoms with Crippen LogP contribution >= 0.6 is 0 Å². The summed E-state index contributed by atoms with van der Waals surface area (Å²) in [7, 11) is -1.22. The molecule has 3 unspecified atom stereocenters. The average Bonchev–Trinajstić information content (AvgIpc) is 2.93. The third kappa shape index (κ3) is 9.43. The summed E-state index contributed by atoms with van der Waals surface area (Å²) < 4.78 is 10.9. The van der Waals surface area contributed by atoms with Crippen molar-refractivity contribution in [2.75, 3.05) is 13.3 Å². The first-order chi connectivity index (χ1) is 13.2. The van der Waals surface area contributed by atoms with Crippen molar-refractivity contribution in [3.8, 4) is 0 Å². The van der Waals surface area contributed by atoms with E-state index in [-0.39, 0.29) is 12.6 Å². The molecule has 1 fully saturated rings. The van der Waals surface area contributed by atoms with Crippen LogP contribution in [0.15, 0.2) is 0 Å². The van der Waals surface area contributed by atoms with Gasteiger partial charge in [-0.05, 0) is 39.2 Å². The van der Waals surface area contributed by atoms with Gasteiger partial charge in [-0.1, -0.05) is 33.5 Å². The normalized spacial score (nSPS) is 20.0. The number of carbonyl (C=O) groups excluding carboxylic acids is 2. The van der Waals surface area contributed by atoms with Crippen molar-refractivity contribution in [3.05, 3.63) is 0 Å². The number of aliphatic hydroxyl groups excluding tert-OH is 1. The fraction of sp³-hybridized carbons (Fsp3) is 0.895. The van der Waals surface area contributed by atoms with Gasteiger partial charge in [-0.25, -0.2) is 14.9 Å². The van der Waals surface area contributed by atoms with Gasteiger partial charge in [-0.3, -0.25) is 9.63 Å². The average molecular weight is 434 g/mol. The number of hydrogen-bond donors (Lipinski definition) is 2. The summed E-state index contributed by atoms with van der Waals surface area (Å²) in [5, 5.41) is 13.2. The summed E-state index contributed by atoms with van der Waals surface area (Å²) in [4.78, 5) is 29.5. The molecule has 0 bridgehead atoms. The lowest BCUT2D eigenvalue weighted by Gasteiger charge is -2.37. The summed E-state index contributed by atoms with van der Waals surface area (Å²) in [6.07, 6.45) is -1.79. The second kappa shape index (κ2) is 10.7. The molecule has 3 atom stereocenters. The number of hydroxylamine groups is 2. The molecule has 0 saturated carbocycles. The highest BCUT2D eigenvalue weighted by molar-refractivity contribution is 6.76. The Labute approximate surface area is 175 Å². The van der Waals surface area contributed by atoms with Crippen LogP contribution in [0.1, 0.15) is 41.0 Å². The van der Waals surface area contributed by atoms with E-state index in [0.29, 0.717) is 19.4 Å². The molecule has 9 nitrogen and oxygen atoms in total. The van der Waals surface area contributed by atoms with E-state index in [1.807, 2.05) is 34.6 Å². The maximum atomic E-state index is 12.1. The largest absolute Gasteiger partial charge is 0.428 e. The number of carbonyl (C=O) groups is 2. The minimum atomic E-state index is -1.22. The second-order valence-corrected chi connectivity index (χ2v) is 15.7. The summed E-state index contributed by atoms with van der Waals surface area (Å²) in [6, 6.07) is 0.293. The molecule has 1 aliphatic rings. The molecule has 0 aromatic rings. The monoisotopic (exact) mass is 433 g/mol. The van der Waals surface area contributed by atoms with E-state index < -0.39 is 38.1 Å². The number of ether oxygens (including phenoxy) is 2. The number of hydrogen-bond acceptors (Lipinski definition) is 7.